The maximum atomic E-state index is 11.4. The van der Waals surface area contributed by atoms with Crippen LogP contribution < -0.4 is 5.56 Å². The minimum Gasteiger partial charge on any atom is -0.331 e. The van der Waals surface area contributed by atoms with Crippen LogP contribution in [0.15, 0.2) is 28.3 Å². The Morgan fingerprint density at radius 3 is 2.74 bits per heavy atom. The molecule has 0 aliphatic heterocycles. The van der Waals surface area contributed by atoms with Gasteiger partial charge >= 0.3 is 0 Å². The van der Waals surface area contributed by atoms with Gasteiger partial charge in [-0.3, -0.25) is 4.79 Å². The number of H-pyrrole nitrogens is 1. The van der Waals surface area contributed by atoms with Crippen LogP contribution in [0.2, 0.25) is 0 Å². The third kappa shape index (κ3) is 3.29. The van der Waals surface area contributed by atoms with Crippen molar-refractivity contribution in [3.8, 4) is 0 Å². The minimum atomic E-state index is -0.0448. The van der Waals surface area contributed by atoms with Gasteiger partial charge in [0.15, 0.2) is 0 Å². The zero-order valence-corrected chi connectivity index (χ0v) is 12.5. The van der Waals surface area contributed by atoms with Crippen LogP contribution in [0.25, 0.3) is 0 Å². The van der Waals surface area contributed by atoms with Crippen molar-refractivity contribution in [1.29, 1.82) is 0 Å². The molecule has 0 saturated carbocycles. The molecule has 0 radical (unpaired) electrons. The number of aromatic nitrogens is 3. The van der Waals surface area contributed by atoms with E-state index in [1.807, 2.05) is 26.2 Å². The molecule has 0 saturated heterocycles. The molecule has 0 aromatic carbocycles. The Bertz CT molecular complexity index is 628. The number of thioether (sulfide) groups is 1. The highest BCUT2D eigenvalue weighted by Crippen LogP contribution is 2.24. The number of nitrogens with zero attached hydrogens (tertiary/aromatic N) is 2. The van der Waals surface area contributed by atoms with Gasteiger partial charge in [-0.15, -0.1) is 11.8 Å². The first-order chi connectivity index (χ1) is 8.97. The highest BCUT2D eigenvalue weighted by molar-refractivity contribution is 7.98. The highest BCUT2D eigenvalue weighted by Gasteiger charge is 2.10. The fourth-order valence-corrected chi connectivity index (χ4v) is 3.07. The number of pyridine rings is 1. The lowest BCUT2D eigenvalue weighted by Gasteiger charge is -2.12. The first-order valence-corrected chi connectivity index (χ1v) is 7.32. The monoisotopic (exact) mass is 277 g/mol. The maximum Gasteiger partial charge on any atom is 0.249 e. The predicted octanol–water partition coefficient (Wildman–Crippen LogP) is 3.06. The molecule has 102 valence electrons. The van der Waals surface area contributed by atoms with Crippen molar-refractivity contribution in [2.24, 2.45) is 0 Å². The van der Waals surface area contributed by atoms with Crippen molar-refractivity contribution >= 4 is 11.8 Å². The van der Waals surface area contributed by atoms with E-state index in [-0.39, 0.29) is 5.56 Å². The van der Waals surface area contributed by atoms with Gasteiger partial charge < -0.3 is 9.55 Å². The van der Waals surface area contributed by atoms with Crippen LogP contribution in [0.3, 0.4) is 0 Å². The summed E-state index contributed by atoms with van der Waals surface area (Å²) in [5, 5.41) is 0.904. The summed E-state index contributed by atoms with van der Waals surface area (Å²) in [6.45, 7) is 8.24. The van der Waals surface area contributed by atoms with Crippen LogP contribution in [-0.2, 0) is 5.75 Å². The molecule has 1 N–H and O–H groups in total. The van der Waals surface area contributed by atoms with Gasteiger partial charge in [-0.05, 0) is 39.3 Å². The molecular formula is C14H19N3OS. The van der Waals surface area contributed by atoms with Gasteiger partial charge in [0.2, 0.25) is 5.56 Å². The molecule has 0 fully saturated rings. The summed E-state index contributed by atoms with van der Waals surface area (Å²) in [5.74, 6) is 0.809. The second-order valence-corrected chi connectivity index (χ2v) is 5.97. The van der Waals surface area contributed by atoms with Crippen molar-refractivity contribution in [2.45, 2.75) is 44.5 Å². The lowest BCUT2D eigenvalue weighted by atomic mass is 10.3. The van der Waals surface area contributed by atoms with Crippen LogP contribution >= 0.6 is 11.8 Å². The summed E-state index contributed by atoms with van der Waals surface area (Å²) in [6.07, 6.45) is 1.88. The zero-order chi connectivity index (χ0) is 14.0. The van der Waals surface area contributed by atoms with E-state index in [0.29, 0.717) is 6.04 Å². The molecule has 19 heavy (non-hydrogen) atoms. The van der Waals surface area contributed by atoms with E-state index >= 15 is 0 Å². The molecule has 0 bridgehead atoms. The molecule has 2 heterocycles. The van der Waals surface area contributed by atoms with Crippen LogP contribution in [0.5, 0.6) is 0 Å². The first-order valence-electron chi connectivity index (χ1n) is 6.33. The highest BCUT2D eigenvalue weighted by atomic mass is 32.2. The molecule has 0 aliphatic rings. The van der Waals surface area contributed by atoms with E-state index < -0.39 is 0 Å². The van der Waals surface area contributed by atoms with E-state index in [9.17, 15) is 4.79 Å². The average Bonchev–Trinajstić information content (AvgIpc) is 2.67. The zero-order valence-electron chi connectivity index (χ0n) is 11.7. The first kappa shape index (κ1) is 13.9. The second kappa shape index (κ2) is 5.65. The van der Waals surface area contributed by atoms with E-state index in [1.165, 1.54) is 5.69 Å². The Morgan fingerprint density at radius 1 is 1.37 bits per heavy atom. The van der Waals surface area contributed by atoms with Crippen molar-refractivity contribution in [3.63, 3.8) is 0 Å². The summed E-state index contributed by atoms with van der Waals surface area (Å²) in [5.41, 5.74) is 3.20. The van der Waals surface area contributed by atoms with Gasteiger partial charge in [-0.1, -0.05) is 0 Å². The molecular weight excluding hydrogens is 258 g/mol. The van der Waals surface area contributed by atoms with E-state index in [0.717, 1.165) is 22.0 Å². The van der Waals surface area contributed by atoms with E-state index in [1.54, 1.807) is 17.8 Å². The van der Waals surface area contributed by atoms with Crippen LogP contribution in [-0.4, -0.2) is 14.5 Å². The summed E-state index contributed by atoms with van der Waals surface area (Å²) in [6, 6.07) is 4.00. The number of hydrogen-bond acceptors (Lipinski definition) is 3. The van der Waals surface area contributed by atoms with Crippen molar-refractivity contribution in [2.75, 3.05) is 0 Å². The van der Waals surface area contributed by atoms with Crippen LogP contribution in [0.4, 0.5) is 0 Å². The number of aryl methyl sites for hydroxylation is 2. The minimum absolute atomic E-state index is 0.0448. The number of nitrogens with one attached hydrogen (secondary N) is 1. The standard InChI is InChI=1S/C14H19N3OS/c1-9(2)17-8-15-11(4)12(17)7-19-14-6-10(3)5-13(18)16-14/h5-6,8-9H,7H2,1-4H3,(H,16,18). The van der Waals surface area contributed by atoms with Gasteiger partial charge in [0.05, 0.1) is 22.7 Å². The van der Waals surface area contributed by atoms with Crippen molar-refractivity contribution < 1.29 is 0 Å². The van der Waals surface area contributed by atoms with E-state index in [2.05, 4.69) is 28.4 Å². The lowest BCUT2D eigenvalue weighted by molar-refractivity contribution is 0.583. The Kier molecular flexibility index (Phi) is 4.14. The third-order valence-electron chi connectivity index (χ3n) is 2.99. The van der Waals surface area contributed by atoms with Crippen LogP contribution in [0, 0.1) is 13.8 Å². The molecule has 0 unspecified atom stereocenters. The molecule has 2 rings (SSSR count). The van der Waals surface area contributed by atoms with Crippen molar-refractivity contribution in [1.82, 2.24) is 14.5 Å². The van der Waals surface area contributed by atoms with Gasteiger partial charge in [0.1, 0.15) is 0 Å². The Labute approximate surface area is 117 Å². The average molecular weight is 277 g/mol. The number of aromatic amines is 1. The Balaban J connectivity index is 2.18. The fraction of sp³-hybridized carbons (Fsp3) is 0.429. The van der Waals surface area contributed by atoms with E-state index in [4.69, 9.17) is 0 Å². The normalized spacial score (nSPS) is 11.2. The summed E-state index contributed by atoms with van der Waals surface area (Å²) in [7, 11) is 0. The number of imidazole rings is 1. The molecule has 4 nitrogen and oxygen atoms in total. The van der Waals surface area contributed by atoms with Gasteiger partial charge in [0, 0.05) is 17.9 Å². The molecule has 0 aliphatic carbocycles. The van der Waals surface area contributed by atoms with Gasteiger partial charge in [0.25, 0.3) is 0 Å². The molecule has 0 spiro atoms. The Morgan fingerprint density at radius 2 is 2.11 bits per heavy atom. The lowest BCUT2D eigenvalue weighted by Crippen LogP contribution is -2.07. The summed E-state index contributed by atoms with van der Waals surface area (Å²) in [4.78, 5) is 18.6. The second-order valence-electron chi connectivity index (χ2n) is 4.95. The molecule has 5 heteroatoms. The summed E-state index contributed by atoms with van der Waals surface area (Å²) < 4.78 is 2.18. The molecule has 2 aromatic heterocycles. The number of hydrogen-bond donors (Lipinski definition) is 1. The third-order valence-corrected chi connectivity index (χ3v) is 3.94. The topological polar surface area (TPSA) is 50.7 Å². The smallest absolute Gasteiger partial charge is 0.249 e. The molecule has 2 aromatic rings. The Hall–Kier alpha value is -1.49. The predicted molar refractivity (Wildman–Crippen MR) is 78.7 cm³/mol. The van der Waals surface area contributed by atoms with Gasteiger partial charge in [-0.2, -0.15) is 0 Å². The van der Waals surface area contributed by atoms with Gasteiger partial charge in [-0.25, -0.2) is 4.98 Å². The molecule has 0 amide bonds. The van der Waals surface area contributed by atoms with Crippen LogP contribution in [0.1, 0.15) is 36.8 Å². The summed E-state index contributed by atoms with van der Waals surface area (Å²) >= 11 is 1.64. The fourth-order valence-electron chi connectivity index (χ4n) is 1.98. The SMILES string of the molecule is Cc1cc(SCc2c(C)ncn2C(C)C)[nH]c(=O)c1. The quantitative estimate of drug-likeness (QED) is 0.874. The molecule has 0 atom stereocenters. The number of rotatable bonds is 4. The van der Waals surface area contributed by atoms with Crippen molar-refractivity contribution in [3.05, 3.63) is 45.8 Å². The largest absolute Gasteiger partial charge is 0.331 e. The maximum absolute atomic E-state index is 11.4.